The molecule has 0 fully saturated rings. The van der Waals surface area contributed by atoms with Gasteiger partial charge in [-0.2, -0.15) is 0 Å². The first-order valence-electron chi connectivity index (χ1n) is 5.68. The van der Waals surface area contributed by atoms with Crippen LogP contribution < -0.4 is 0 Å². The summed E-state index contributed by atoms with van der Waals surface area (Å²) in [6.07, 6.45) is 0.883. The van der Waals surface area contributed by atoms with E-state index in [1.807, 2.05) is 6.07 Å². The first-order chi connectivity index (χ1) is 7.88. The molecule has 2 rings (SSSR count). The van der Waals surface area contributed by atoms with Crippen molar-refractivity contribution in [3.63, 3.8) is 0 Å². The van der Waals surface area contributed by atoms with Gasteiger partial charge in [-0.3, -0.25) is 4.90 Å². The van der Waals surface area contributed by atoms with Gasteiger partial charge in [0.1, 0.15) is 0 Å². The van der Waals surface area contributed by atoms with Crippen LogP contribution >= 0.6 is 10.7 Å². The minimum absolute atomic E-state index is 0.205. The summed E-state index contributed by atoms with van der Waals surface area (Å²) in [5.41, 5.74) is 2.30. The Labute approximate surface area is 107 Å². The number of rotatable bonds is 2. The number of benzene rings is 1. The van der Waals surface area contributed by atoms with E-state index in [-0.39, 0.29) is 4.90 Å². The smallest absolute Gasteiger partial charge is 0.261 e. The maximum absolute atomic E-state index is 11.2. The van der Waals surface area contributed by atoms with Gasteiger partial charge in [-0.25, -0.2) is 8.42 Å². The van der Waals surface area contributed by atoms with E-state index >= 15 is 0 Å². The molecule has 0 saturated carbocycles. The SMILES string of the molecule is CC(C)N1CCc2cc(S(=O)(=O)Cl)ccc2C1. The van der Waals surface area contributed by atoms with E-state index in [0.717, 1.165) is 25.1 Å². The highest BCUT2D eigenvalue weighted by molar-refractivity contribution is 8.13. The van der Waals surface area contributed by atoms with E-state index in [1.165, 1.54) is 5.56 Å². The molecule has 0 bridgehead atoms. The molecular weight excluding hydrogens is 258 g/mol. The Hall–Kier alpha value is -0.580. The van der Waals surface area contributed by atoms with Gasteiger partial charge in [-0.15, -0.1) is 0 Å². The molecule has 0 aromatic heterocycles. The fourth-order valence-electron chi connectivity index (χ4n) is 2.14. The van der Waals surface area contributed by atoms with Crippen LogP contribution in [0.3, 0.4) is 0 Å². The molecule has 1 aromatic rings. The largest absolute Gasteiger partial charge is 0.296 e. The quantitative estimate of drug-likeness (QED) is 0.777. The third kappa shape index (κ3) is 2.81. The van der Waals surface area contributed by atoms with Crippen LogP contribution in [0.4, 0.5) is 0 Å². The van der Waals surface area contributed by atoms with Crippen molar-refractivity contribution in [3.05, 3.63) is 29.3 Å². The van der Waals surface area contributed by atoms with Crippen molar-refractivity contribution < 1.29 is 8.42 Å². The highest BCUT2D eigenvalue weighted by Crippen LogP contribution is 2.25. The molecule has 94 valence electrons. The number of hydrogen-bond acceptors (Lipinski definition) is 3. The molecule has 0 spiro atoms. The first kappa shape index (κ1) is 12.9. The second kappa shape index (κ2) is 4.59. The van der Waals surface area contributed by atoms with E-state index in [0.29, 0.717) is 6.04 Å². The van der Waals surface area contributed by atoms with E-state index in [4.69, 9.17) is 10.7 Å². The maximum Gasteiger partial charge on any atom is 0.261 e. The highest BCUT2D eigenvalue weighted by Gasteiger charge is 2.20. The second-order valence-electron chi connectivity index (χ2n) is 4.68. The van der Waals surface area contributed by atoms with Crippen LogP contribution in [-0.2, 0) is 22.0 Å². The Bertz CT molecular complexity index is 525. The van der Waals surface area contributed by atoms with E-state index in [2.05, 4.69) is 18.7 Å². The lowest BCUT2D eigenvalue weighted by Gasteiger charge is -2.32. The lowest BCUT2D eigenvalue weighted by Crippen LogP contribution is -2.35. The number of nitrogens with zero attached hydrogens (tertiary/aromatic N) is 1. The summed E-state index contributed by atoms with van der Waals surface area (Å²) in [5, 5.41) is 0. The summed E-state index contributed by atoms with van der Waals surface area (Å²) >= 11 is 0. The highest BCUT2D eigenvalue weighted by atomic mass is 35.7. The normalized spacial score (nSPS) is 17.2. The van der Waals surface area contributed by atoms with Crippen LogP contribution in [0.15, 0.2) is 23.1 Å². The van der Waals surface area contributed by atoms with E-state index in [9.17, 15) is 8.42 Å². The molecule has 0 unspecified atom stereocenters. The van der Waals surface area contributed by atoms with Crippen LogP contribution in [0.25, 0.3) is 0 Å². The lowest BCUT2D eigenvalue weighted by atomic mass is 9.99. The van der Waals surface area contributed by atoms with Crippen molar-refractivity contribution in [2.24, 2.45) is 0 Å². The van der Waals surface area contributed by atoms with Gasteiger partial charge in [-0.1, -0.05) is 6.07 Å². The maximum atomic E-state index is 11.2. The van der Waals surface area contributed by atoms with Crippen molar-refractivity contribution in [2.75, 3.05) is 6.54 Å². The average Bonchev–Trinajstić information content (AvgIpc) is 2.26. The van der Waals surface area contributed by atoms with Crippen molar-refractivity contribution >= 4 is 19.7 Å². The molecule has 1 aliphatic heterocycles. The number of fused-ring (bicyclic) bond motifs is 1. The third-order valence-corrected chi connectivity index (χ3v) is 4.58. The molecule has 1 aliphatic rings. The summed E-state index contributed by atoms with van der Waals surface area (Å²) in [7, 11) is 1.73. The number of halogens is 1. The molecule has 17 heavy (non-hydrogen) atoms. The minimum Gasteiger partial charge on any atom is -0.296 e. The summed E-state index contributed by atoms with van der Waals surface area (Å²) < 4.78 is 22.5. The zero-order valence-electron chi connectivity index (χ0n) is 9.98. The monoisotopic (exact) mass is 273 g/mol. The van der Waals surface area contributed by atoms with Gasteiger partial charge >= 0.3 is 0 Å². The molecule has 0 aliphatic carbocycles. The lowest BCUT2D eigenvalue weighted by molar-refractivity contribution is 0.203. The molecule has 0 radical (unpaired) electrons. The summed E-state index contributed by atoms with van der Waals surface area (Å²) in [4.78, 5) is 2.58. The fraction of sp³-hybridized carbons (Fsp3) is 0.500. The molecule has 0 N–H and O–H groups in total. The zero-order chi connectivity index (χ0) is 12.6. The molecular formula is C12H16ClNO2S. The second-order valence-corrected chi connectivity index (χ2v) is 7.25. The summed E-state index contributed by atoms with van der Waals surface area (Å²) in [6, 6.07) is 5.68. The molecule has 0 saturated heterocycles. The standard InChI is InChI=1S/C12H16ClNO2S/c1-9(2)14-6-5-10-7-12(17(13,15)16)4-3-11(10)8-14/h3-4,7,9H,5-6,8H2,1-2H3. The van der Waals surface area contributed by atoms with Crippen molar-refractivity contribution in [1.82, 2.24) is 4.90 Å². The van der Waals surface area contributed by atoms with Gasteiger partial charge in [0.05, 0.1) is 4.90 Å². The summed E-state index contributed by atoms with van der Waals surface area (Å²) in [5.74, 6) is 0. The van der Waals surface area contributed by atoms with Gasteiger partial charge in [0.25, 0.3) is 9.05 Å². The Morgan fingerprint density at radius 3 is 2.59 bits per heavy atom. The predicted octanol–water partition coefficient (Wildman–Crippen LogP) is 2.38. The average molecular weight is 274 g/mol. The Kier molecular flexibility index (Phi) is 3.48. The van der Waals surface area contributed by atoms with Crippen molar-refractivity contribution in [3.8, 4) is 0 Å². The van der Waals surface area contributed by atoms with Gasteiger partial charge in [0.15, 0.2) is 0 Å². The Balaban J connectivity index is 2.32. The van der Waals surface area contributed by atoms with Crippen molar-refractivity contribution in [2.45, 2.75) is 37.8 Å². The van der Waals surface area contributed by atoms with E-state index < -0.39 is 9.05 Å². The van der Waals surface area contributed by atoms with Gasteiger partial charge in [-0.05, 0) is 43.5 Å². The van der Waals surface area contributed by atoms with Crippen LogP contribution in [0.2, 0.25) is 0 Å². The minimum atomic E-state index is -3.61. The summed E-state index contributed by atoms with van der Waals surface area (Å²) in [6.45, 7) is 6.19. The fourth-order valence-corrected chi connectivity index (χ4v) is 2.95. The third-order valence-electron chi connectivity index (χ3n) is 3.23. The molecule has 1 aromatic carbocycles. The zero-order valence-corrected chi connectivity index (χ0v) is 11.6. The van der Waals surface area contributed by atoms with Gasteiger partial charge < -0.3 is 0 Å². The molecule has 1 heterocycles. The van der Waals surface area contributed by atoms with Crippen molar-refractivity contribution in [1.29, 1.82) is 0 Å². The molecule has 0 atom stereocenters. The first-order valence-corrected chi connectivity index (χ1v) is 7.99. The van der Waals surface area contributed by atoms with Gasteiger partial charge in [0, 0.05) is 29.8 Å². The van der Waals surface area contributed by atoms with Crippen LogP contribution in [-0.4, -0.2) is 25.9 Å². The van der Waals surface area contributed by atoms with Crippen LogP contribution in [0.1, 0.15) is 25.0 Å². The van der Waals surface area contributed by atoms with Gasteiger partial charge in [0.2, 0.25) is 0 Å². The molecule has 3 nitrogen and oxygen atoms in total. The molecule has 5 heteroatoms. The van der Waals surface area contributed by atoms with Crippen LogP contribution in [0.5, 0.6) is 0 Å². The van der Waals surface area contributed by atoms with Crippen LogP contribution in [0, 0.1) is 0 Å². The Morgan fingerprint density at radius 1 is 1.29 bits per heavy atom. The molecule has 0 amide bonds. The predicted molar refractivity (Wildman–Crippen MR) is 68.7 cm³/mol. The topological polar surface area (TPSA) is 37.4 Å². The van der Waals surface area contributed by atoms with E-state index in [1.54, 1.807) is 12.1 Å². The number of hydrogen-bond donors (Lipinski definition) is 0. The Morgan fingerprint density at radius 2 is 2.00 bits per heavy atom.